The molecule has 80 valence electrons. The standard InChI is InChI=1S/C12H15NO2/c1-3-15-12-8-6-11(7-9-12)5-4-10(2)13-14/h4-9,14H,3H2,1-2H3/b5-4-,13-10+. The van der Waals surface area contributed by atoms with Crippen LogP contribution in [0.3, 0.4) is 0 Å². The fraction of sp³-hybridized carbons (Fsp3) is 0.250. The van der Waals surface area contributed by atoms with E-state index in [4.69, 9.17) is 9.94 Å². The first kappa shape index (κ1) is 11.3. The van der Waals surface area contributed by atoms with Gasteiger partial charge in [0.05, 0.1) is 12.3 Å². The van der Waals surface area contributed by atoms with Crippen molar-refractivity contribution in [3.05, 3.63) is 35.9 Å². The van der Waals surface area contributed by atoms with Crippen LogP contribution >= 0.6 is 0 Å². The van der Waals surface area contributed by atoms with Gasteiger partial charge in [-0.15, -0.1) is 0 Å². The number of hydrogen-bond acceptors (Lipinski definition) is 3. The van der Waals surface area contributed by atoms with Crippen molar-refractivity contribution in [1.82, 2.24) is 0 Å². The average molecular weight is 205 g/mol. The smallest absolute Gasteiger partial charge is 0.119 e. The molecule has 3 nitrogen and oxygen atoms in total. The van der Waals surface area contributed by atoms with Gasteiger partial charge in [-0.3, -0.25) is 0 Å². The van der Waals surface area contributed by atoms with Gasteiger partial charge in [-0.25, -0.2) is 0 Å². The Kier molecular flexibility index (Phi) is 4.41. The second kappa shape index (κ2) is 5.86. The van der Waals surface area contributed by atoms with E-state index in [9.17, 15) is 0 Å². The Morgan fingerprint density at radius 2 is 2.07 bits per heavy atom. The van der Waals surface area contributed by atoms with Gasteiger partial charge < -0.3 is 9.94 Å². The van der Waals surface area contributed by atoms with Crippen molar-refractivity contribution in [2.75, 3.05) is 6.61 Å². The molecular weight excluding hydrogens is 190 g/mol. The van der Waals surface area contributed by atoms with E-state index in [1.807, 2.05) is 37.3 Å². The number of hydrogen-bond donors (Lipinski definition) is 1. The van der Waals surface area contributed by atoms with Crippen LogP contribution in [0.1, 0.15) is 19.4 Å². The molecule has 0 aliphatic carbocycles. The Hall–Kier alpha value is -1.77. The lowest BCUT2D eigenvalue weighted by Crippen LogP contribution is -1.90. The van der Waals surface area contributed by atoms with Crippen LogP contribution in [0.2, 0.25) is 0 Å². The highest BCUT2D eigenvalue weighted by Gasteiger charge is 1.91. The van der Waals surface area contributed by atoms with E-state index in [0.717, 1.165) is 11.3 Å². The highest BCUT2D eigenvalue weighted by atomic mass is 16.5. The van der Waals surface area contributed by atoms with Crippen LogP contribution < -0.4 is 4.74 Å². The zero-order valence-corrected chi connectivity index (χ0v) is 8.97. The van der Waals surface area contributed by atoms with Crippen LogP contribution in [0, 0.1) is 0 Å². The molecule has 0 unspecified atom stereocenters. The number of rotatable bonds is 4. The van der Waals surface area contributed by atoms with Crippen LogP contribution in [-0.4, -0.2) is 17.5 Å². The number of oxime groups is 1. The Morgan fingerprint density at radius 3 is 2.60 bits per heavy atom. The van der Waals surface area contributed by atoms with Crippen LogP contribution in [0.5, 0.6) is 5.75 Å². The lowest BCUT2D eigenvalue weighted by atomic mass is 10.2. The van der Waals surface area contributed by atoms with Crippen molar-refractivity contribution in [1.29, 1.82) is 0 Å². The first-order valence-electron chi connectivity index (χ1n) is 4.86. The number of benzene rings is 1. The molecular formula is C12H15NO2. The van der Waals surface area contributed by atoms with Crippen LogP contribution in [0.25, 0.3) is 6.08 Å². The van der Waals surface area contributed by atoms with Gasteiger partial charge in [0.25, 0.3) is 0 Å². The predicted octanol–water partition coefficient (Wildman–Crippen LogP) is 2.95. The van der Waals surface area contributed by atoms with Crippen molar-refractivity contribution >= 4 is 11.8 Å². The molecule has 0 aliphatic rings. The monoisotopic (exact) mass is 205 g/mol. The van der Waals surface area contributed by atoms with Gasteiger partial charge in [0.2, 0.25) is 0 Å². The van der Waals surface area contributed by atoms with E-state index in [1.165, 1.54) is 0 Å². The minimum absolute atomic E-state index is 0.573. The zero-order chi connectivity index (χ0) is 11.1. The molecule has 0 amide bonds. The third-order valence-electron chi connectivity index (χ3n) is 1.87. The molecule has 1 aromatic carbocycles. The highest BCUT2D eigenvalue weighted by molar-refractivity contribution is 5.95. The minimum Gasteiger partial charge on any atom is -0.494 e. The van der Waals surface area contributed by atoms with Crippen molar-refractivity contribution in [3.8, 4) is 5.75 Å². The minimum atomic E-state index is 0.573. The van der Waals surface area contributed by atoms with E-state index in [2.05, 4.69) is 5.16 Å². The molecule has 0 aromatic heterocycles. The van der Waals surface area contributed by atoms with Gasteiger partial charge >= 0.3 is 0 Å². The fourth-order valence-corrected chi connectivity index (χ4v) is 1.09. The van der Waals surface area contributed by atoms with Crippen LogP contribution in [0.4, 0.5) is 0 Å². The summed E-state index contributed by atoms with van der Waals surface area (Å²) in [5, 5.41) is 11.5. The molecule has 1 rings (SSSR count). The molecule has 0 radical (unpaired) electrons. The van der Waals surface area contributed by atoms with Gasteiger partial charge in [0.15, 0.2) is 0 Å². The molecule has 1 aromatic rings. The number of nitrogens with zero attached hydrogens (tertiary/aromatic N) is 1. The van der Waals surface area contributed by atoms with Gasteiger partial charge in [-0.1, -0.05) is 23.4 Å². The maximum atomic E-state index is 8.44. The first-order chi connectivity index (χ1) is 7.26. The molecule has 0 heterocycles. The zero-order valence-electron chi connectivity index (χ0n) is 8.97. The summed E-state index contributed by atoms with van der Waals surface area (Å²) in [6.45, 7) is 4.35. The van der Waals surface area contributed by atoms with Crippen molar-refractivity contribution in [2.45, 2.75) is 13.8 Å². The average Bonchev–Trinajstić information content (AvgIpc) is 2.28. The molecule has 0 spiro atoms. The molecule has 15 heavy (non-hydrogen) atoms. The van der Waals surface area contributed by atoms with Gasteiger partial charge in [-0.2, -0.15) is 0 Å². The summed E-state index contributed by atoms with van der Waals surface area (Å²) in [4.78, 5) is 0. The normalized spacial score (nSPS) is 12.0. The lowest BCUT2D eigenvalue weighted by Gasteiger charge is -2.02. The lowest BCUT2D eigenvalue weighted by molar-refractivity contribution is 0.319. The summed E-state index contributed by atoms with van der Waals surface area (Å²) in [6, 6.07) is 7.72. The van der Waals surface area contributed by atoms with E-state index in [1.54, 1.807) is 13.0 Å². The molecule has 0 bridgehead atoms. The number of ether oxygens (including phenoxy) is 1. The van der Waals surface area contributed by atoms with Crippen molar-refractivity contribution in [3.63, 3.8) is 0 Å². The van der Waals surface area contributed by atoms with Crippen molar-refractivity contribution < 1.29 is 9.94 Å². The summed E-state index contributed by atoms with van der Waals surface area (Å²) in [5.41, 5.74) is 1.62. The molecule has 3 heteroatoms. The summed E-state index contributed by atoms with van der Waals surface area (Å²) in [5.74, 6) is 0.863. The van der Waals surface area contributed by atoms with E-state index >= 15 is 0 Å². The Balaban J connectivity index is 2.68. The number of allylic oxidation sites excluding steroid dienone is 1. The fourth-order valence-electron chi connectivity index (χ4n) is 1.09. The summed E-state index contributed by atoms with van der Waals surface area (Å²) >= 11 is 0. The SMILES string of the molecule is CCOc1ccc(/C=C\C(C)=N\O)cc1. The van der Waals surface area contributed by atoms with E-state index in [0.29, 0.717) is 12.3 Å². The highest BCUT2D eigenvalue weighted by Crippen LogP contribution is 2.12. The Labute approximate surface area is 89.7 Å². The largest absolute Gasteiger partial charge is 0.494 e. The third-order valence-corrected chi connectivity index (χ3v) is 1.87. The molecule has 0 aliphatic heterocycles. The van der Waals surface area contributed by atoms with Crippen molar-refractivity contribution in [2.24, 2.45) is 5.16 Å². The second-order valence-electron chi connectivity index (χ2n) is 3.08. The predicted molar refractivity (Wildman–Crippen MR) is 61.5 cm³/mol. The van der Waals surface area contributed by atoms with Crippen LogP contribution in [-0.2, 0) is 0 Å². The Morgan fingerprint density at radius 1 is 1.40 bits per heavy atom. The van der Waals surface area contributed by atoms with Gasteiger partial charge in [-0.05, 0) is 37.6 Å². The van der Waals surface area contributed by atoms with Crippen LogP contribution in [0.15, 0.2) is 35.5 Å². The van der Waals surface area contributed by atoms with E-state index < -0.39 is 0 Å². The third kappa shape index (κ3) is 3.85. The summed E-state index contributed by atoms with van der Waals surface area (Å²) < 4.78 is 5.32. The summed E-state index contributed by atoms with van der Waals surface area (Å²) in [7, 11) is 0. The Bertz CT molecular complexity index is 352. The molecule has 0 fully saturated rings. The summed E-state index contributed by atoms with van der Waals surface area (Å²) in [6.07, 6.45) is 3.63. The molecule has 1 N–H and O–H groups in total. The van der Waals surface area contributed by atoms with Gasteiger partial charge in [0.1, 0.15) is 5.75 Å². The maximum Gasteiger partial charge on any atom is 0.119 e. The maximum absolute atomic E-state index is 8.44. The molecule has 0 saturated carbocycles. The van der Waals surface area contributed by atoms with E-state index in [-0.39, 0.29) is 0 Å². The second-order valence-corrected chi connectivity index (χ2v) is 3.08. The first-order valence-corrected chi connectivity index (χ1v) is 4.86. The van der Waals surface area contributed by atoms with Gasteiger partial charge in [0, 0.05) is 0 Å². The topological polar surface area (TPSA) is 41.8 Å². The molecule has 0 atom stereocenters. The molecule has 0 saturated heterocycles. The quantitative estimate of drug-likeness (QED) is 0.466.